The predicted octanol–water partition coefficient (Wildman–Crippen LogP) is 5.28. The lowest BCUT2D eigenvalue weighted by molar-refractivity contribution is -0.140. The third-order valence-corrected chi connectivity index (χ3v) is 11.4. The fourth-order valence-electron chi connectivity index (χ4n) is 7.41. The van der Waals surface area contributed by atoms with Crippen molar-refractivity contribution in [2.45, 2.75) is 62.9 Å². The van der Waals surface area contributed by atoms with Gasteiger partial charge < -0.3 is 34.7 Å². The van der Waals surface area contributed by atoms with E-state index in [-0.39, 0.29) is 47.7 Å². The van der Waals surface area contributed by atoms with Crippen LogP contribution in [-0.4, -0.2) is 80.1 Å². The number of carboxylic acids is 1. The van der Waals surface area contributed by atoms with Crippen LogP contribution in [0.5, 0.6) is 11.5 Å². The molecule has 2 heterocycles. The van der Waals surface area contributed by atoms with Crippen molar-refractivity contribution >= 4 is 40.8 Å². The number of carboxylic acid groups (broad SMARTS) is 1. The first-order valence-corrected chi connectivity index (χ1v) is 18.2. The van der Waals surface area contributed by atoms with Crippen molar-refractivity contribution in [3.63, 3.8) is 0 Å². The van der Waals surface area contributed by atoms with Crippen LogP contribution in [0, 0.1) is 5.82 Å². The maximum absolute atomic E-state index is 15.6. The van der Waals surface area contributed by atoms with Crippen LogP contribution in [0.3, 0.4) is 0 Å². The summed E-state index contributed by atoms with van der Waals surface area (Å²) < 4.78 is 29.2. The number of methoxy groups -OCH3 is 1. The van der Waals surface area contributed by atoms with Gasteiger partial charge in [0.1, 0.15) is 28.2 Å². The number of aliphatic hydroxyl groups excluding tert-OH is 2. The average molecular weight is 769 g/mol. The highest BCUT2D eigenvalue weighted by atomic mass is 35.5. The number of hydrogen-bond donors (Lipinski definition) is 5. The second kappa shape index (κ2) is 14.9. The number of benzene rings is 3. The molecule has 1 atom stereocenters. The summed E-state index contributed by atoms with van der Waals surface area (Å²) in [5.41, 5.74) is 4.61. The first kappa shape index (κ1) is 37.1. The van der Waals surface area contributed by atoms with Crippen molar-refractivity contribution in [2.75, 3.05) is 32.2 Å². The Kier molecular flexibility index (Phi) is 10.4. The number of nitrogens with one attached hydrogen (secondary N) is 2. The molecule has 3 aromatic carbocycles. The van der Waals surface area contributed by atoms with Gasteiger partial charge in [-0.25, -0.2) is 9.37 Å². The molecule has 3 aliphatic rings. The number of hydrogen-bond acceptors (Lipinski definition) is 9. The summed E-state index contributed by atoms with van der Waals surface area (Å²) in [5, 5.41) is 34.8. The first-order valence-electron chi connectivity index (χ1n) is 17.4. The summed E-state index contributed by atoms with van der Waals surface area (Å²) in [6.45, 7) is 0.618. The van der Waals surface area contributed by atoms with Gasteiger partial charge >= 0.3 is 5.97 Å². The molecule has 1 fully saturated rings. The number of aliphatic carboxylic acids is 1. The van der Waals surface area contributed by atoms with Gasteiger partial charge in [-0.2, -0.15) is 0 Å². The van der Waals surface area contributed by atoms with E-state index >= 15 is 4.39 Å². The monoisotopic (exact) mass is 767 g/mol. The van der Waals surface area contributed by atoms with Gasteiger partial charge in [0.15, 0.2) is 11.6 Å². The quantitative estimate of drug-likeness (QED) is 0.121. The van der Waals surface area contributed by atoms with Gasteiger partial charge in [0.25, 0.3) is 5.91 Å². The van der Waals surface area contributed by atoms with Crippen LogP contribution in [0.25, 0.3) is 11.1 Å². The van der Waals surface area contributed by atoms with E-state index in [0.29, 0.717) is 61.5 Å². The number of anilines is 1. The van der Waals surface area contributed by atoms with Crippen LogP contribution in [0.4, 0.5) is 10.1 Å². The molecule has 1 aromatic heterocycles. The summed E-state index contributed by atoms with van der Waals surface area (Å²) in [7, 11) is 3.20. The fraction of sp³-hybridized carbons (Fsp3) is 0.395. The Morgan fingerprint density at radius 1 is 1.08 bits per heavy atom. The van der Waals surface area contributed by atoms with Crippen LogP contribution in [0.1, 0.15) is 64.1 Å². The maximum Gasteiger partial charge on any atom is 0.323 e. The molecule has 5 N–H and O–H groups in total. The lowest BCUT2D eigenvalue weighted by Gasteiger charge is -2.32. The number of nitrogens with zero attached hydrogens (tertiary/aromatic N) is 3. The number of fused-ring (bicyclic) bond motifs is 2. The zero-order chi connectivity index (χ0) is 37.6. The number of amides is 1. The van der Waals surface area contributed by atoms with Gasteiger partial charge in [0, 0.05) is 56.0 Å². The van der Waals surface area contributed by atoms with Gasteiger partial charge in [-0.1, -0.05) is 53.5 Å². The van der Waals surface area contributed by atoms with E-state index in [1.807, 2.05) is 35.2 Å². The van der Waals surface area contributed by atoms with Crippen molar-refractivity contribution < 1.29 is 38.8 Å². The van der Waals surface area contributed by atoms with Gasteiger partial charge in [-0.15, -0.1) is 0 Å². The number of aliphatic hydroxyl groups is 2. The Hall–Kier alpha value is -4.24. The van der Waals surface area contributed by atoms with E-state index in [9.17, 15) is 24.9 Å². The number of carbonyl (C=O) groups is 2. The molecule has 280 valence electrons. The average Bonchev–Trinajstić information content (AvgIpc) is 3.74. The first-order chi connectivity index (χ1) is 25.5. The van der Waals surface area contributed by atoms with Gasteiger partial charge in [0.05, 0.1) is 42.8 Å². The van der Waals surface area contributed by atoms with E-state index < -0.39 is 35.4 Å². The Morgan fingerprint density at radius 3 is 2.51 bits per heavy atom. The van der Waals surface area contributed by atoms with Crippen molar-refractivity contribution in [3.8, 4) is 22.6 Å². The molecule has 4 aromatic rings. The third-order valence-electron chi connectivity index (χ3n) is 10.7. The largest absolute Gasteiger partial charge is 0.496 e. The van der Waals surface area contributed by atoms with E-state index in [4.69, 9.17) is 32.7 Å². The maximum atomic E-state index is 15.6. The van der Waals surface area contributed by atoms with Crippen LogP contribution in [-0.2, 0) is 37.8 Å². The zero-order valence-corrected chi connectivity index (χ0v) is 30.7. The minimum atomic E-state index is -1.06. The molecule has 15 heteroatoms. The summed E-state index contributed by atoms with van der Waals surface area (Å²) in [5.74, 6) is -1.61. The highest BCUT2D eigenvalue weighted by Crippen LogP contribution is 2.46. The summed E-state index contributed by atoms with van der Waals surface area (Å²) >= 11 is 13.5. The molecular weight excluding hydrogens is 728 g/mol. The third kappa shape index (κ3) is 6.86. The molecule has 2 aliphatic carbocycles. The lowest BCUT2D eigenvalue weighted by atomic mass is 9.96. The fourth-order valence-corrected chi connectivity index (χ4v) is 7.90. The highest BCUT2D eigenvalue weighted by Gasteiger charge is 2.50. The number of imidazole rings is 1. The normalized spacial score (nSPS) is 17.4. The number of rotatable bonds is 13. The SMILES string of the molecule is COc1cc(OC2CCc3c(-c4cccc(NC(=O)c5nc6c(n5C)CCN(C(CO)CO)C6)c4Cl)cccc32)c(Cl)c(F)c1CNC1(C(=O)O)CC1. The highest BCUT2D eigenvalue weighted by molar-refractivity contribution is 6.36. The summed E-state index contributed by atoms with van der Waals surface area (Å²) in [4.78, 5) is 31.8. The standard InChI is InChI=1S/C38H40Cl2FN5O7/c1-45-28-11-14-46(20(18-47)19-48)17-27(28)43-35(45)36(49)44-26-8-4-7-24(32(26)39)21-5-3-6-23-22(21)9-10-29(23)53-31-15-30(52-2)25(34(41)33(31)40)16-42-38(12-13-38)37(50)51/h3-8,15,20,29,42,47-48H,9-14,16-19H2,1-2H3,(H,44,49)(H,50,51). The molecule has 1 aliphatic heterocycles. The Balaban J connectivity index is 1.10. The molecule has 1 amide bonds. The molecule has 0 bridgehead atoms. The minimum Gasteiger partial charge on any atom is -0.496 e. The molecular formula is C38H40Cl2FN5O7. The molecule has 0 saturated heterocycles. The van der Waals surface area contributed by atoms with Crippen LogP contribution in [0.15, 0.2) is 42.5 Å². The van der Waals surface area contributed by atoms with E-state index in [1.165, 1.54) is 13.2 Å². The number of ether oxygens (including phenoxy) is 2. The van der Waals surface area contributed by atoms with Crippen molar-refractivity contribution in [1.82, 2.24) is 19.8 Å². The topological polar surface area (TPSA) is 158 Å². The van der Waals surface area contributed by atoms with E-state index in [1.54, 1.807) is 17.7 Å². The number of aromatic nitrogens is 2. The Morgan fingerprint density at radius 2 is 1.81 bits per heavy atom. The number of halogens is 3. The second-order valence-electron chi connectivity index (χ2n) is 13.7. The second-order valence-corrected chi connectivity index (χ2v) is 14.4. The van der Waals surface area contributed by atoms with Crippen molar-refractivity contribution in [2.24, 2.45) is 7.05 Å². The summed E-state index contributed by atoms with van der Waals surface area (Å²) in [6, 6.07) is 12.4. The lowest BCUT2D eigenvalue weighted by Crippen LogP contribution is -2.43. The number of carbonyl (C=O) groups excluding carboxylic acids is 1. The zero-order valence-electron chi connectivity index (χ0n) is 29.2. The molecule has 1 unspecified atom stereocenters. The van der Waals surface area contributed by atoms with Crippen LogP contribution >= 0.6 is 23.2 Å². The van der Waals surface area contributed by atoms with Gasteiger partial charge in [-0.05, 0) is 48.4 Å². The Labute approximate surface area is 315 Å². The van der Waals surface area contributed by atoms with Crippen molar-refractivity contribution in [1.29, 1.82) is 0 Å². The van der Waals surface area contributed by atoms with E-state index in [0.717, 1.165) is 28.1 Å². The molecule has 53 heavy (non-hydrogen) atoms. The Bertz CT molecular complexity index is 2080. The summed E-state index contributed by atoms with van der Waals surface area (Å²) in [6.07, 6.45) is 2.32. The predicted molar refractivity (Wildman–Crippen MR) is 196 cm³/mol. The molecule has 0 spiro atoms. The van der Waals surface area contributed by atoms with Gasteiger partial charge in [0.2, 0.25) is 0 Å². The van der Waals surface area contributed by atoms with Crippen LogP contribution in [0.2, 0.25) is 10.0 Å². The smallest absolute Gasteiger partial charge is 0.323 e. The van der Waals surface area contributed by atoms with Crippen LogP contribution < -0.4 is 20.1 Å². The molecule has 12 nitrogen and oxygen atoms in total. The molecule has 0 radical (unpaired) electrons. The minimum absolute atomic E-state index is 0.0725. The molecule has 7 rings (SSSR count). The van der Waals surface area contributed by atoms with E-state index in [2.05, 4.69) is 15.6 Å². The van der Waals surface area contributed by atoms with Gasteiger partial charge in [-0.3, -0.25) is 19.8 Å². The van der Waals surface area contributed by atoms with Crippen molar-refractivity contribution in [3.05, 3.63) is 92.2 Å². The molecule has 1 saturated carbocycles.